The zero-order chi connectivity index (χ0) is 14.1. The van der Waals surface area contributed by atoms with Crippen LogP contribution in [0.3, 0.4) is 0 Å². The van der Waals surface area contributed by atoms with Crippen LogP contribution in [-0.2, 0) is 9.53 Å². The van der Waals surface area contributed by atoms with E-state index in [4.69, 9.17) is 20.7 Å². The van der Waals surface area contributed by atoms with E-state index in [1.165, 1.54) is 6.92 Å². The lowest BCUT2D eigenvalue weighted by atomic mass is 9.85. The molecule has 106 valence electrons. The highest BCUT2D eigenvalue weighted by molar-refractivity contribution is 5.77. The number of aliphatic hydroxyl groups is 4. The molecule has 0 aromatic carbocycles. The number of carboxylic acid groups (broad SMARTS) is 1. The van der Waals surface area contributed by atoms with E-state index < -0.39 is 48.6 Å². The van der Waals surface area contributed by atoms with Crippen molar-refractivity contribution in [1.29, 1.82) is 0 Å². The molecule has 1 heterocycles. The van der Waals surface area contributed by atoms with Crippen LogP contribution in [0.5, 0.6) is 0 Å². The molecule has 1 aliphatic heterocycles. The number of carbonyl (C=O) groups is 1. The quantitative estimate of drug-likeness (QED) is 0.315. The van der Waals surface area contributed by atoms with Crippen LogP contribution in [0.1, 0.15) is 13.3 Å². The average molecular weight is 265 g/mol. The van der Waals surface area contributed by atoms with Crippen LogP contribution >= 0.6 is 0 Å². The van der Waals surface area contributed by atoms with Gasteiger partial charge in [-0.2, -0.15) is 0 Å². The molecule has 8 nitrogen and oxygen atoms in total. The van der Waals surface area contributed by atoms with Crippen molar-refractivity contribution in [3.05, 3.63) is 0 Å². The van der Waals surface area contributed by atoms with E-state index in [2.05, 4.69) is 0 Å². The summed E-state index contributed by atoms with van der Waals surface area (Å²) in [5.41, 5.74) is 3.92. The van der Waals surface area contributed by atoms with E-state index >= 15 is 0 Å². The zero-order valence-corrected chi connectivity index (χ0v) is 9.93. The first-order valence-corrected chi connectivity index (χ1v) is 5.55. The molecular weight excluding hydrogens is 246 g/mol. The molecule has 0 spiro atoms. The van der Waals surface area contributed by atoms with Gasteiger partial charge in [0.2, 0.25) is 0 Å². The second-order valence-corrected chi connectivity index (χ2v) is 4.71. The molecule has 1 aliphatic rings. The van der Waals surface area contributed by atoms with Crippen LogP contribution in [-0.4, -0.2) is 74.2 Å². The molecule has 0 amide bonds. The van der Waals surface area contributed by atoms with Crippen LogP contribution in [0.15, 0.2) is 0 Å². The van der Waals surface area contributed by atoms with Crippen molar-refractivity contribution in [1.82, 2.24) is 0 Å². The molecule has 8 heteroatoms. The predicted molar refractivity (Wildman–Crippen MR) is 58.6 cm³/mol. The zero-order valence-electron chi connectivity index (χ0n) is 9.93. The van der Waals surface area contributed by atoms with Crippen LogP contribution in [0.25, 0.3) is 0 Å². The summed E-state index contributed by atoms with van der Waals surface area (Å²) >= 11 is 0. The van der Waals surface area contributed by atoms with Crippen molar-refractivity contribution >= 4 is 5.97 Å². The fraction of sp³-hybridized carbons (Fsp3) is 0.900. The SMILES string of the molecule is C[C@]1(C(=O)O)C[C@@H](O)[C@@H](N)[C@H]([C@H](O)[C@H](O)CO)O1. The third-order valence-electron chi connectivity index (χ3n) is 3.19. The van der Waals surface area contributed by atoms with Gasteiger partial charge in [0.05, 0.1) is 18.8 Å². The number of nitrogens with two attached hydrogens (primary N) is 1. The largest absolute Gasteiger partial charge is 0.479 e. The van der Waals surface area contributed by atoms with Gasteiger partial charge in [-0.3, -0.25) is 0 Å². The molecule has 6 atom stereocenters. The van der Waals surface area contributed by atoms with Crippen LogP contribution < -0.4 is 5.73 Å². The van der Waals surface area contributed by atoms with Gasteiger partial charge in [0.15, 0.2) is 5.60 Å². The van der Waals surface area contributed by atoms with Gasteiger partial charge in [-0.25, -0.2) is 4.79 Å². The molecule has 0 saturated carbocycles. The summed E-state index contributed by atoms with van der Waals surface area (Å²) in [4.78, 5) is 11.1. The van der Waals surface area contributed by atoms with E-state index in [0.29, 0.717) is 0 Å². The molecule has 0 unspecified atom stereocenters. The average Bonchev–Trinajstić information content (AvgIpc) is 2.31. The summed E-state index contributed by atoms with van der Waals surface area (Å²) < 4.78 is 5.20. The van der Waals surface area contributed by atoms with Gasteiger partial charge in [-0.15, -0.1) is 0 Å². The lowest BCUT2D eigenvalue weighted by Gasteiger charge is -2.44. The number of aliphatic carboxylic acids is 1. The first-order valence-electron chi connectivity index (χ1n) is 5.55. The Kier molecular flexibility index (Phi) is 4.65. The fourth-order valence-corrected chi connectivity index (χ4v) is 1.94. The van der Waals surface area contributed by atoms with E-state index in [0.717, 1.165) is 0 Å². The lowest BCUT2D eigenvalue weighted by Crippen LogP contribution is -2.64. The van der Waals surface area contributed by atoms with Gasteiger partial charge >= 0.3 is 5.97 Å². The molecule has 0 aromatic rings. The van der Waals surface area contributed by atoms with Gasteiger partial charge in [0.25, 0.3) is 0 Å². The summed E-state index contributed by atoms with van der Waals surface area (Å²) in [6.45, 7) is 0.517. The third-order valence-corrected chi connectivity index (χ3v) is 3.19. The minimum absolute atomic E-state index is 0.220. The molecule has 1 rings (SSSR count). The summed E-state index contributed by atoms with van der Waals surface area (Å²) in [6.07, 6.45) is -5.80. The van der Waals surface area contributed by atoms with Gasteiger partial charge in [-0.1, -0.05) is 0 Å². The Morgan fingerprint density at radius 3 is 2.56 bits per heavy atom. The summed E-state index contributed by atoms with van der Waals surface area (Å²) in [5.74, 6) is -1.30. The highest BCUT2D eigenvalue weighted by Gasteiger charge is 2.50. The van der Waals surface area contributed by atoms with Crippen LogP contribution in [0, 0.1) is 0 Å². The highest BCUT2D eigenvalue weighted by atomic mass is 16.6. The van der Waals surface area contributed by atoms with Crippen LogP contribution in [0.4, 0.5) is 0 Å². The second-order valence-electron chi connectivity index (χ2n) is 4.71. The molecule has 1 saturated heterocycles. The standard InChI is InChI=1S/C10H19NO7/c1-10(9(16)17)2-4(13)6(11)8(18-10)7(15)5(14)3-12/h4-8,12-15H,2-3,11H2,1H3,(H,16,17)/t4-,5-,6-,7-,8-,10-/m1/s1. The summed E-state index contributed by atoms with van der Waals surface area (Å²) in [7, 11) is 0. The maximum Gasteiger partial charge on any atom is 0.335 e. The van der Waals surface area contributed by atoms with Crippen molar-refractivity contribution < 1.29 is 35.1 Å². The number of hydrogen-bond donors (Lipinski definition) is 6. The summed E-state index contributed by atoms with van der Waals surface area (Å²) in [6, 6.07) is -1.05. The molecule has 0 bridgehead atoms. The molecule has 0 radical (unpaired) electrons. The Hall–Kier alpha value is -0.770. The fourth-order valence-electron chi connectivity index (χ4n) is 1.94. The van der Waals surface area contributed by atoms with Gasteiger partial charge in [-0.05, 0) is 6.92 Å². The predicted octanol–water partition coefficient (Wildman–Crippen LogP) is -2.98. The number of hydrogen-bond acceptors (Lipinski definition) is 7. The van der Waals surface area contributed by atoms with E-state index in [9.17, 15) is 20.1 Å². The van der Waals surface area contributed by atoms with Gasteiger partial charge < -0.3 is 36.0 Å². The maximum atomic E-state index is 11.1. The van der Waals surface area contributed by atoms with Crippen LogP contribution in [0.2, 0.25) is 0 Å². The summed E-state index contributed by atoms with van der Waals surface area (Å²) in [5, 5.41) is 46.5. The topological polar surface area (TPSA) is 153 Å². The van der Waals surface area contributed by atoms with Crippen molar-refractivity contribution in [2.75, 3.05) is 6.61 Å². The Balaban J connectivity index is 2.92. The van der Waals surface area contributed by atoms with Crippen molar-refractivity contribution in [3.8, 4) is 0 Å². The molecule has 7 N–H and O–H groups in total. The Morgan fingerprint density at radius 2 is 2.11 bits per heavy atom. The Labute approximate surface area is 104 Å². The molecule has 18 heavy (non-hydrogen) atoms. The normalized spacial score (nSPS) is 40.2. The molecule has 0 aliphatic carbocycles. The van der Waals surface area contributed by atoms with Gasteiger partial charge in [0, 0.05) is 6.42 Å². The number of rotatable bonds is 4. The minimum Gasteiger partial charge on any atom is -0.479 e. The highest BCUT2D eigenvalue weighted by Crippen LogP contribution is 2.30. The van der Waals surface area contributed by atoms with E-state index in [1.807, 2.05) is 0 Å². The van der Waals surface area contributed by atoms with E-state index in [1.54, 1.807) is 0 Å². The number of carboxylic acids is 1. The van der Waals surface area contributed by atoms with Crippen molar-refractivity contribution in [2.24, 2.45) is 5.73 Å². The smallest absolute Gasteiger partial charge is 0.335 e. The third kappa shape index (κ3) is 2.79. The van der Waals surface area contributed by atoms with E-state index in [-0.39, 0.29) is 6.42 Å². The lowest BCUT2D eigenvalue weighted by molar-refractivity contribution is -0.221. The van der Waals surface area contributed by atoms with Crippen molar-refractivity contribution in [2.45, 2.75) is 49.4 Å². The second kappa shape index (κ2) is 5.47. The first-order chi connectivity index (χ1) is 8.23. The minimum atomic E-state index is -1.70. The maximum absolute atomic E-state index is 11.1. The first kappa shape index (κ1) is 15.3. The Bertz CT molecular complexity index is 313. The van der Waals surface area contributed by atoms with Crippen molar-refractivity contribution in [3.63, 3.8) is 0 Å². The number of ether oxygens (including phenoxy) is 1. The Morgan fingerprint density at radius 1 is 1.56 bits per heavy atom. The molecule has 0 aromatic heterocycles. The monoisotopic (exact) mass is 265 g/mol. The van der Waals surface area contributed by atoms with Gasteiger partial charge in [0.1, 0.15) is 18.3 Å². The number of aliphatic hydroxyl groups excluding tert-OH is 4. The molecular formula is C10H19NO7. The molecule has 1 fully saturated rings.